The highest BCUT2D eigenvalue weighted by atomic mass is 35.5. The third-order valence-corrected chi connectivity index (χ3v) is 5.11. The highest BCUT2D eigenvalue weighted by molar-refractivity contribution is 6.01. The Morgan fingerprint density at radius 2 is 1.69 bits per heavy atom. The number of benzene rings is 2. The molecular formula is C20H21ClN2O3. The quantitative estimate of drug-likeness (QED) is 0.849. The summed E-state index contributed by atoms with van der Waals surface area (Å²) in [5, 5.41) is 3.31. The number of fused-ring (bicyclic) bond motifs is 1. The lowest BCUT2D eigenvalue weighted by Crippen LogP contribution is -2.49. The lowest BCUT2D eigenvalue weighted by molar-refractivity contribution is 0.0187. The first-order valence-corrected chi connectivity index (χ1v) is 8.54. The summed E-state index contributed by atoms with van der Waals surface area (Å²) < 4.78 is 6.25. The molecule has 3 N–H and O–H groups in total. The number of Topliss-reactive ketones (excluding diaryl/α,β-unsaturated/α-hetero) is 1. The molecule has 2 aromatic rings. The van der Waals surface area contributed by atoms with Gasteiger partial charge in [0, 0.05) is 18.4 Å². The standard InChI is InChI=1S/C20H20N2O3.ClH/c21-19(24)14-3-1-13(2-4-14)15-5-6-18-16(11-15)17(23)12-20(25-18)7-9-22-10-8-20;/h1-6,11,22H,7-10,12H2,(H2,21,24);1H. The zero-order valence-corrected chi connectivity index (χ0v) is 15.1. The van der Waals surface area contributed by atoms with E-state index in [9.17, 15) is 9.59 Å². The molecule has 1 saturated heterocycles. The van der Waals surface area contributed by atoms with Crippen LogP contribution in [0, 0.1) is 0 Å². The van der Waals surface area contributed by atoms with Crippen LogP contribution in [0.15, 0.2) is 42.5 Å². The molecule has 0 radical (unpaired) electrons. The number of amides is 1. The predicted molar refractivity (Wildman–Crippen MR) is 102 cm³/mol. The molecule has 2 aromatic carbocycles. The summed E-state index contributed by atoms with van der Waals surface area (Å²) >= 11 is 0. The second kappa shape index (κ2) is 7.09. The van der Waals surface area contributed by atoms with Crippen molar-refractivity contribution in [1.29, 1.82) is 0 Å². The monoisotopic (exact) mass is 372 g/mol. The van der Waals surface area contributed by atoms with E-state index in [0.717, 1.165) is 37.1 Å². The fraction of sp³-hybridized carbons (Fsp3) is 0.300. The number of nitrogens with two attached hydrogens (primary N) is 1. The molecule has 1 fully saturated rings. The van der Waals surface area contributed by atoms with Gasteiger partial charge in [0.25, 0.3) is 0 Å². The van der Waals surface area contributed by atoms with Crippen LogP contribution in [0.2, 0.25) is 0 Å². The van der Waals surface area contributed by atoms with E-state index in [-0.39, 0.29) is 23.8 Å². The van der Waals surface area contributed by atoms with Gasteiger partial charge in [-0.3, -0.25) is 9.59 Å². The molecule has 0 aromatic heterocycles. The molecule has 0 saturated carbocycles. The van der Waals surface area contributed by atoms with Gasteiger partial charge in [0.15, 0.2) is 5.78 Å². The molecule has 1 amide bonds. The third kappa shape index (κ3) is 3.32. The maximum atomic E-state index is 12.7. The first-order valence-electron chi connectivity index (χ1n) is 8.54. The number of carbonyl (C=O) groups excluding carboxylic acids is 2. The van der Waals surface area contributed by atoms with E-state index in [2.05, 4.69) is 5.32 Å². The molecule has 136 valence electrons. The lowest BCUT2D eigenvalue weighted by atomic mass is 9.82. The normalized spacial score (nSPS) is 17.8. The van der Waals surface area contributed by atoms with Gasteiger partial charge in [-0.05, 0) is 48.5 Å². The molecule has 4 rings (SSSR count). The SMILES string of the molecule is Cl.NC(=O)c1ccc(-c2ccc3c(c2)C(=O)CC2(CCNCC2)O3)cc1. The molecule has 5 nitrogen and oxygen atoms in total. The van der Waals surface area contributed by atoms with E-state index in [1.165, 1.54) is 0 Å². The van der Waals surface area contributed by atoms with E-state index in [4.69, 9.17) is 10.5 Å². The van der Waals surface area contributed by atoms with Crippen LogP contribution in [0.1, 0.15) is 40.0 Å². The fourth-order valence-corrected chi connectivity index (χ4v) is 3.66. The van der Waals surface area contributed by atoms with Crippen molar-refractivity contribution in [3.05, 3.63) is 53.6 Å². The Kier molecular flexibility index (Phi) is 5.03. The summed E-state index contributed by atoms with van der Waals surface area (Å²) in [5.74, 6) is 0.363. The van der Waals surface area contributed by atoms with Crippen LogP contribution >= 0.6 is 12.4 Å². The van der Waals surface area contributed by atoms with Crippen molar-refractivity contribution in [3.63, 3.8) is 0 Å². The Labute approximate surface area is 158 Å². The number of hydrogen-bond donors (Lipinski definition) is 2. The number of ketones is 1. The van der Waals surface area contributed by atoms with Crippen LogP contribution < -0.4 is 15.8 Å². The summed E-state index contributed by atoms with van der Waals surface area (Å²) in [6.07, 6.45) is 2.15. The molecule has 1 spiro atoms. The second-order valence-corrected chi connectivity index (χ2v) is 6.79. The maximum Gasteiger partial charge on any atom is 0.248 e. The average Bonchev–Trinajstić information content (AvgIpc) is 2.62. The maximum absolute atomic E-state index is 12.7. The topological polar surface area (TPSA) is 81.4 Å². The Balaban J connectivity index is 0.00000196. The van der Waals surface area contributed by atoms with E-state index in [0.29, 0.717) is 23.3 Å². The Morgan fingerprint density at radius 3 is 2.35 bits per heavy atom. The number of nitrogens with one attached hydrogen (secondary N) is 1. The van der Waals surface area contributed by atoms with Crippen molar-refractivity contribution in [1.82, 2.24) is 5.32 Å². The lowest BCUT2D eigenvalue weighted by Gasteiger charge is -2.41. The van der Waals surface area contributed by atoms with Crippen LogP contribution in [-0.2, 0) is 0 Å². The predicted octanol–water partition coefficient (Wildman–Crippen LogP) is 2.96. The minimum atomic E-state index is -0.451. The highest BCUT2D eigenvalue weighted by Gasteiger charge is 2.41. The van der Waals surface area contributed by atoms with Crippen LogP contribution in [-0.4, -0.2) is 30.4 Å². The first kappa shape index (κ1) is 18.4. The number of carbonyl (C=O) groups is 2. The van der Waals surface area contributed by atoms with Crippen LogP contribution in [0.25, 0.3) is 11.1 Å². The second-order valence-electron chi connectivity index (χ2n) is 6.79. The largest absolute Gasteiger partial charge is 0.486 e. The number of rotatable bonds is 2. The van der Waals surface area contributed by atoms with Crippen molar-refractivity contribution in [2.45, 2.75) is 24.9 Å². The first-order chi connectivity index (χ1) is 12.1. The molecular weight excluding hydrogens is 352 g/mol. The number of hydrogen-bond acceptors (Lipinski definition) is 4. The zero-order chi connectivity index (χ0) is 17.4. The van der Waals surface area contributed by atoms with Gasteiger partial charge in [-0.15, -0.1) is 12.4 Å². The van der Waals surface area contributed by atoms with Gasteiger partial charge < -0.3 is 15.8 Å². The van der Waals surface area contributed by atoms with E-state index in [1.54, 1.807) is 12.1 Å². The summed E-state index contributed by atoms with van der Waals surface area (Å²) in [7, 11) is 0. The third-order valence-electron chi connectivity index (χ3n) is 5.11. The van der Waals surface area contributed by atoms with Gasteiger partial charge in [-0.2, -0.15) is 0 Å². The Bertz CT molecular complexity index is 843. The van der Waals surface area contributed by atoms with Gasteiger partial charge >= 0.3 is 0 Å². The molecule has 2 aliphatic rings. The van der Waals surface area contributed by atoms with Crippen LogP contribution in [0.3, 0.4) is 0 Å². The number of primary amides is 1. The van der Waals surface area contributed by atoms with E-state index < -0.39 is 5.91 Å². The number of halogens is 1. The fourth-order valence-electron chi connectivity index (χ4n) is 3.66. The molecule has 0 atom stereocenters. The molecule has 0 aliphatic carbocycles. The van der Waals surface area contributed by atoms with Crippen molar-refractivity contribution in [2.24, 2.45) is 5.73 Å². The van der Waals surface area contributed by atoms with Crippen LogP contribution in [0.5, 0.6) is 5.75 Å². The minimum absolute atomic E-state index is 0. The van der Waals surface area contributed by atoms with Crippen molar-refractivity contribution >= 4 is 24.1 Å². The molecule has 0 bridgehead atoms. The van der Waals surface area contributed by atoms with Gasteiger partial charge in [0.05, 0.1) is 12.0 Å². The van der Waals surface area contributed by atoms with Gasteiger partial charge in [-0.25, -0.2) is 0 Å². The molecule has 2 aliphatic heterocycles. The summed E-state index contributed by atoms with van der Waals surface area (Å²) in [4.78, 5) is 23.9. The van der Waals surface area contributed by atoms with Crippen molar-refractivity contribution < 1.29 is 14.3 Å². The summed E-state index contributed by atoms with van der Waals surface area (Å²) in [6.45, 7) is 1.76. The smallest absolute Gasteiger partial charge is 0.248 e. The van der Waals surface area contributed by atoms with Gasteiger partial charge in [-0.1, -0.05) is 18.2 Å². The van der Waals surface area contributed by atoms with Gasteiger partial charge in [0.2, 0.25) is 5.91 Å². The molecule has 0 unspecified atom stereocenters. The summed E-state index contributed by atoms with van der Waals surface area (Å²) in [5.41, 5.74) is 7.89. The molecule has 2 heterocycles. The molecule has 6 heteroatoms. The van der Waals surface area contributed by atoms with E-state index >= 15 is 0 Å². The molecule has 26 heavy (non-hydrogen) atoms. The Morgan fingerprint density at radius 1 is 1.04 bits per heavy atom. The minimum Gasteiger partial charge on any atom is -0.486 e. The van der Waals surface area contributed by atoms with Crippen molar-refractivity contribution in [3.8, 4) is 16.9 Å². The average molecular weight is 373 g/mol. The number of piperidine rings is 1. The Hall–Kier alpha value is -2.37. The van der Waals surface area contributed by atoms with Crippen LogP contribution in [0.4, 0.5) is 0 Å². The van der Waals surface area contributed by atoms with Crippen molar-refractivity contribution in [2.75, 3.05) is 13.1 Å². The van der Waals surface area contributed by atoms with E-state index in [1.807, 2.05) is 30.3 Å². The summed E-state index contributed by atoms with van der Waals surface area (Å²) in [6, 6.07) is 12.8. The highest BCUT2D eigenvalue weighted by Crippen LogP contribution is 2.39. The number of ether oxygens (including phenoxy) is 1. The zero-order valence-electron chi connectivity index (χ0n) is 14.3. The van der Waals surface area contributed by atoms with Gasteiger partial charge in [0.1, 0.15) is 11.4 Å².